The number of piperidine rings is 1. The van der Waals surface area contributed by atoms with E-state index in [0.29, 0.717) is 25.9 Å². The van der Waals surface area contributed by atoms with E-state index in [0.717, 1.165) is 104 Å². The van der Waals surface area contributed by atoms with Gasteiger partial charge in [0.1, 0.15) is 33.0 Å². The van der Waals surface area contributed by atoms with Gasteiger partial charge in [-0.25, -0.2) is 4.89 Å². The lowest BCUT2D eigenvalue weighted by molar-refractivity contribution is -0.247. The van der Waals surface area contributed by atoms with E-state index in [9.17, 15) is 19.2 Å². The van der Waals surface area contributed by atoms with Crippen LogP contribution in [0.25, 0.3) is 0 Å². The van der Waals surface area contributed by atoms with Crippen LogP contribution in [0.5, 0.6) is 0 Å². The fraction of sp³-hybridized carbons (Fsp3) is 0.913. The Labute approximate surface area is 405 Å². The average molecular weight is 979 g/mol. The van der Waals surface area contributed by atoms with Gasteiger partial charge in [0, 0.05) is 144 Å². The largest absolute Gasteiger partial charge is 0.385 e. The van der Waals surface area contributed by atoms with Crippen LogP contribution in [0.4, 0.5) is 0 Å². The van der Waals surface area contributed by atoms with E-state index in [4.69, 9.17) is 47.9 Å². The molecule has 0 aliphatic carbocycles. The van der Waals surface area contributed by atoms with Gasteiger partial charge in [-0.2, -0.15) is 0 Å². The standard InChI is InChI=1S/C8H15NO2.C7H13NO2.C7H15NO2.C6H12O2.C5H11NO2.2C5H12O2.C3H8O3/c1-11-7-8(10)9-5-3-2-4-6-9;1-10-6-7(9)8-4-2-3-5-8;1-4-8(5-2)7(9)6-10-3;1-7-5-6-3-2-4-8-6;1-6(2)5(7)4-8-3;1-6-4-3-5-7-2;1-3-7-5-4-6-2;1-5-2-3-6-4/h2-7H2,1H3;2-6H2,1H3;4-6H2,1-3H3;6H,2-5H2,1H3;4H2,1-3H3;2*3-5H2,1-2H3;4H,2-3H2,1H3. The van der Waals surface area contributed by atoms with Gasteiger partial charge in [0.15, 0.2) is 0 Å². The maximum absolute atomic E-state index is 11.2. The zero-order valence-corrected chi connectivity index (χ0v) is 44.4. The Morgan fingerprint density at radius 1 is 0.537 bits per heavy atom. The molecule has 3 aliphatic rings. The Kier molecular flexibility index (Phi) is 67.2. The Bertz CT molecular complexity index is 977. The Morgan fingerprint density at radius 3 is 1.28 bits per heavy atom. The van der Waals surface area contributed by atoms with Crippen molar-refractivity contribution in [2.45, 2.75) is 78.2 Å². The van der Waals surface area contributed by atoms with E-state index in [1.54, 1.807) is 68.8 Å². The topological polar surface area (TPSA) is 212 Å². The summed E-state index contributed by atoms with van der Waals surface area (Å²) in [6.45, 7) is 18.1. The molecule has 1 unspecified atom stereocenters. The lowest BCUT2D eigenvalue weighted by atomic mass is 10.1. The van der Waals surface area contributed by atoms with Gasteiger partial charge in [-0.3, -0.25) is 24.4 Å². The molecule has 0 radical (unpaired) electrons. The molecule has 0 aromatic heterocycles. The summed E-state index contributed by atoms with van der Waals surface area (Å²) in [5.41, 5.74) is 0. The van der Waals surface area contributed by atoms with Gasteiger partial charge in [-0.05, 0) is 72.1 Å². The molecular formula is C46H98N4O17. The minimum Gasteiger partial charge on any atom is -0.385 e. The number of nitrogens with zero attached hydrogens (tertiary/aromatic N) is 4. The summed E-state index contributed by atoms with van der Waals surface area (Å²) in [4.78, 5) is 54.4. The van der Waals surface area contributed by atoms with Crippen molar-refractivity contribution in [2.24, 2.45) is 0 Å². The van der Waals surface area contributed by atoms with Crippen molar-refractivity contribution in [1.82, 2.24) is 19.6 Å². The number of amides is 4. The number of ether oxygens (including phenoxy) is 11. The predicted molar refractivity (Wildman–Crippen MR) is 258 cm³/mol. The van der Waals surface area contributed by atoms with Gasteiger partial charge in [0.25, 0.3) is 0 Å². The van der Waals surface area contributed by atoms with Crippen molar-refractivity contribution >= 4 is 23.6 Å². The number of methoxy groups -OCH3 is 9. The van der Waals surface area contributed by atoms with Gasteiger partial charge in [0.2, 0.25) is 23.6 Å². The van der Waals surface area contributed by atoms with E-state index in [2.05, 4.69) is 14.4 Å². The Balaban J connectivity index is -0.000000220. The molecule has 3 fully saturated rings. The fourth-order valence-corrected chi connectivity index (χ4v) is 5.30. The van der Waals surface area contributed by atoms with Crippen LogP contribution in [0.2, 0.25) is 0 Å². The van der Waals surface area contributed by atoms with E-state index in [-0.39, 0.29) is 56.7 Å². The maximum Gasteiger partial charge on any atom is 0.248 e. The highest BCUT2D eigenvalue weighted by Crippen LogP contribution is 2.11. The number of carbonyl (C=O) groups is 4. The molecule has 21 heteroatoms. The van der Waals surface area contributed by atoms with E-state index in [1.165, 1.54) is 38.4 Å². The number of carbonyl (C=O) groups excluding carboxylic acids is 4. The van der Waals surface area contributed by atoms with Gasteiger partial charge in [-0.1, -0.05) is 0 Å². The number of hydrogen-bond acceptors (Lipinski definition) is 17. The SMILES string of the molecule is CCN(CC)C(=O)COC.CCOCCOC.COCC(=O)N(C)C.COCC(=O)N1CCCC1.COCC(=O)N1CCCCC1.COCC1CCCO1.COCCCOC.COCCOO. The number of hydrogen-bond donors (Lipinski definition) is 1. The summed E-state index contributed by atoms with van der Waals surface area (Å²) in [6.07, 6.45) is 9.61. The highest BCUT2D eigenvalue weighted by Gasteiger charge is 2.17. The number of rotatable bonds is 23. The van der Waals surface area contributed by atoms with Crippen LogP contribution in [-0.4, -0.2) is 258 Å². The first-order valence-corrected chi connectivity index (χ1v) is 23.2. The average Bonchev–Trinajstić information content (AvgIpc) is 4.08. The monoisotopic (exact) mass is 979 g/mol. The molecule has 0 bridgehead atoms. The minimum absolute atomic E-state index is 0.00694. The molecule has 3 saturated heterocycles. The van der Waals surface area contributed by atoms with Crippen LogP contribution in [0, 0.1) is 0 Å². The predicted octanol–water partition coefficient (Wildman–Crippen LogP) is 3.40. The molecule has 3 rings (SSSR count). The first kappa shape index (κ1) is 73.3. The molecule has 3 aliphatic heterocycles. The van der Waals surface area contributed by atoms with E-state index in [1.807, 2.05) is 30.6 Å². The molecule has 0 saturated carbocycles. The molecule has 0 aromatic rings. The van der Waals surface area contributed by atoms with Crippen LogP contribution in [0.1, 0.15) is 72.1 Å². The van der Waals surface area contributed by atoms with Crippen molar-refractivity contribution in [2.75, 3.05) is 203 Å². The van der Waals surface area contributed by atoms with E-state index < -0.39 is 0 Å². The second-order valence-electron chi connectivity index (χ2n) is 14.6. The third-order valence-electron chi connectivity index (χ3n) is 8.94. The molecular weight excluding hydrogens is 881 g/mol. The smallest absolute Gasteiger partial charge is 0.248 e. The fourth-order valence-electron chi connectivity index (χ4n) is 5.30. The van der Waals surface area contributed by atoms with Crippen LogP contribution in [-0.2, 0) is 76.2 Å². The molecule has 1 N–H and O–H groups in total. The zero-order chi connectivity index (χ0) is 51.8. The second-order valence-corrected chi connectivity index (χ2v) is 14.6. The summed E-state index contributed by atoms with van der Waals surface area (Å²) >= 11 is 0. The summed E-state index contributed by atoms with van der Waals surface area (Å²) in [6, 6.07) is 0. The summed E-state index contributed by atoms with van der Waals surface area (Å²) in [7, 11) is 17.8. The van der Waals surface area contributed by atoms with Crippen LogP contribution in [0.15, 0.2) is 0 Å². The third kappa shape index (κ3) is 55.8. The van der Waals surface area contributed by atoms with Crippen LogP contribution < -0.4 is 0 Å². The lowest BCUT2D eigenvalue weighted by Crippen LogP contribution is -2.37. The Hall–Kier alpha value is -2.64. The Morgan fingerprint density at radius 2 is 0.970 bits per heavy atom. The molecule has 404 valence electrons. The highest BCUT2D eigenvalue weighted by molar-refractivity contribution is 5.78. The third-order valence-corrected chi connectivity index (χ3v) is 8.94. The van der Waals surface area contributed by atoms with Gasteiger partial charge >= 0.3 is 0 Å². The lowest BCUT2D eigenvalue weighted by Gasteiger charge is -2.26. The van der Waals surface area contributed by atoms with Crippen molar-refractivity contribution < 1.29 is 81.4 Å². The molecule has 3 heterocycles. The maximum atomic E-state index is 11.2. The van der Waals surface area contributed by atoms with Crippen molar-refractivity contribution in [3.63, 3.8) is 0 Å². The van der Waals surface area contributed by atoms with Crippen molar-refractivity contribution in [3.8, 4) is 0 Å². The molecule has 0 spiro atoms. The summed E-state index contributed by atoms with van der Waals surface area (Å²) < 4.78 is 52.6. The van der Waals surface area contributed by atoms with Gasteiger partial charge < -0.3 is 71.7 Å². The first-order chi connectivity index (χ1) is 32.3. The minimum atomic E-state index is -0.00694. The van der Waals surface area contributed by atoms with E-state index >= 15 is 0 Å². The summed E-state index contributed by atoms with van der Waals surface area (Å²) in [5.74, 6) is 0.312. The van der Waals surface area contributed by atoms with Crippen molar-refractivity contribution in [3.05, 3.63) is 0 Å². The quantitative estimate of drug-likeness (QED) is 0.0883. The normalized spacial score (nSPS) is 14.4. The molecule has 21 nitrogen and oxygen atoms in total. The van der Waals surface area contributed by atoms with Crippen LogP contribution in [0.3, 0.4) is 0 Å². The molecule has 0 aromatic carbocycles. The highest BCUT2D eigenvalue weighted by atomic mass is 17.1. The first-order valence-electron chi connectivity index (χ1n) is 23.2. The molecule has 1 atom stereocenters. The van der Waals surface area contributed by atoms with Crippen LogP contribution >= 0.6 is 0 Å². The zero-order valence-electron chi connectivity index (χ0n) is 44.4. The summed E-state index contributed by atoms with van der Waals surface area (Å²) in [5, 5.41) is 7.62. The van der Waals surface area contributed by atoms with Crippen molar-refractivity contribution in [1.29, 1.82) is 0 Å². The van der Waals surface area contributed by atoms with Gasteiger partial charge in [0.05, 0.1) is 32.5 Å². The van der Waals surface area contributed by atoms with Gasteiger partial charge in [-0.15, -0.1) is 0 Å². The number of likely N-dealkylation sites (tertiary alicyclic amines) is 2. The second kappa shape index (κ2) is 61.4. The number of likely N-dealkylation sites (N-methyl/N-ethyl adjacent to an activating group) is 2. The molecule has 67 heavy (non-hydrogen) atoms. The molecule has 4 amide bonds.